The number of hydrogen-bond donors (Lipinski definition) is 1. The second-order valence-corrected chi connectivity index (χ2v) is 9.82. The van der Waals surface area contributed by atoms with Crippen LogP contribution in [0.15, 0.2) is 59.3 Å². The molecule has 5 rings (SSSR count). The van der Waals surface area contributed by atoms with Gasteiger partial charge >= 0.3 is 18.3 Å². The standard InChI is InChI=1S/C29H26F3N3O6/c1-16(2)39-28-33-13-21(14-34-28)26-27(19-5-7-22(8-6-19)41-29(30,31)32)40-24(35-26)15-38-23-10-17(11-25(36)37)9-20(12-23)18-3-4-18/h5-10,12-14,16,18H,3-4,11,15H2,1-2H3,(H,36,37). The first-order valence-corrected chi connectivity index (χ1v) is 12.9. The largest absolute Gasteiger partial charge is 0.573 e. The first kappa shape index (κ1) is 27.9. The Hall–Kier alpha value is -4.61. The predicted molar refractivity (Wildman–Crippen MR) is 140 cm³/mol. The van der Waals surface area contributed by atoms with E-state index < -0.39 is 12.3 Å². The molecule has 2 aromatic heterocycles. The SMILES string of the molecule is CC(C)Oc1ncc(-c2nc(COc3cc(CC(=O)O)cc(C4CC4)c3)oc2-c2ccc(OC(F)(F)F)cc2)cn1. The van der Waals surface area contributed by atoms with Crippen LogP contribution >= 0.6 is 0 Å². The number of carbonyl (C=O) groups is 1. The maximum atomic E-state index is 12.6. The second kappa shape index (κ2) is 11.5. The highest BCUT2D eigenvalue weighted by molar-refractivity contribution is 5.76. The van der Waals surface area contributed by atoms with Crippen LogP contribution in [0.1, 0.15) is 49.6 Å². The molecule has 1 saturated carbocycles. The third-order valence-electron chi connectivity index (χ3n) is 6.02. The number of carboxylic acids is 1. The van der Waals surface area contributed by atoms with Crippen molar-refractivity contribution in [1.29, 1.82) is 0 Å². The van der Waals surface area contributed by atoms with E-state index >= 15 is 0 Å². The van der Waals surface area contributed by atoms with Crippen LogP contribution in [0.2, 0.25) is 0 Å². The Morgan fingerprint density at radius 1 is 1.05 bits per heavy atom. The molecular formula is C29H26F3N3O6. The third-order valence-corrected chi connectivity index (χ3v) is 6.02. The smallest absolute Gasteiger partial charge is 0.484 e. The lowest BCUT2D eigenvalue weighted by Gasteiger charge is -2.09. The Balaban J connectivity index is 1.44. The normalized spacial score (nSPS) is 13.3. The van der Waals surface area contributed by atoms with E-state index in [1.54, 1.807) is 6.07 Å². The van der Waals surface area contributed by atoms with E-state index in [4.69, 9.17) is 13.9 Å². The lowest BCUT2D eigenvalue weighted by atomic mass is 10.0. The second-order valence-electron chi connectivity index (χ2n) is 9.82. The highest BCUT2D eigenvalue weighted by Crippen LogP contribution is 2.42. The molecule has 41 heavy (non-hydrogen) atoms. The van der Waals surface area contributed by atoms with Gasteiger partial charge in [-0.25, -0.2) is 15.0 Å². The van der Waals surface area contributed by atoms with Crippen LogP contribution in [-0.4, -0.2) is 38.5 Å². The minimum atomic E-state index is -4.82. The van der Waals surface area contributed by atoms with Gasteiger partial charge < -0.3 is 23.7 Å². The van der Waals surface area contributed by atoms with Gasteiger partial charge in [-0.05, 0) is 80.1 Å². The van der Waals surface area contributed by atoms with Crippen molar-refractivity contribution in [3.05, 3.63) is 71.9 Å². The van der Waals surface area contributed by atoms with Gasteiger partial charge in [-0.3, -0.25) is 4.79 Å². The van der Waals surface area contributed by atoms with Crippen LogP contribution in [-0.2, 0) is 17.8 Å². The van der Waals surface area contributed by atoms with Gasteiger partial charge in [-0.2, -0.15) is 0 Å². The fourth-order valence-electron chi connectivity index (χ4n) is 4.18. The van der Waals surface area contributed by atoms with Gasteiger partial charge in [0.15, 0.2) is 12.4 Å². The van der Waals surface area contributed by atoms with E-state index in [2.05, 4.69) is 19.7 Å². The van der Waals surface area contributed by atoms with Crippen LogP contribution in [0.5, 0.6) is 17.5 Å². The molecule has 4 aromatic rings. The van der Waals surface area contributed by atoms with Crippen molar-refractivity contribution >= 4 is 5.97 Å². The van der Waals surface area contributed by atoms with Gasteiger partial charge in [0.2, 0.25) is 5.89 Å². The lowest BCUT2D eigenvalue weighted by molar-refractivity contribution is -0.274. The molecule has 1 fully saturated rings. The Morgan fingerprint density at radius 3 is 2.37 bits per heavy atom. The fraction of sp³-hybridized carbons (Fsp3) is 0.310. The quantitative estimate of drug-likeness (QED) is 0.214. The van der Waals surface area contributed by atoms with E-state index in [1.165, 1.54) is 36.7 Å². The minimum absolute atomic E-state index is 0.0850. The molecule has 9 nitrogen and oxygen atoms in total. The van der Waals surface area contributed by atoms with Gasteiger partial charge in [-0.15, -0.1) is 13.2 Å². The van der Waals surface area contributed by atoms with E-state index in [-0.39, 0.29) is 42.5 Å². The highest BCUT2D eigenvalue weighted by Gasteiger charge is 2.31. The minimum Gasteiger partial charge on any atom is -0.484 e. The molecule has 0 unspecified atom stereocenters. The summed E-state index contributed by atoms with van der Waals surface area (Å²) in [5.74, 6) is 0.00471. The Bertz CT molecular complexity index is 1510. The summed E-state index contributed by atoms with van der Waals surface area (Å²) in [6, 6.07) is 10.8. The molecule has 12 heteroatoms. The number of oxazole rings is 1. The van der Waals surface area contributed by atoms with Crippen LogP contribution in [0.3, 0.4) is 0 Å². The number of carboxylic acid groups (broad SMARTS) is 1. The zero-order chi connectivity index (χ0) is 29.1. The Labute approximate surface area is 232 Å². The molecule has 0 amide bonds. The van der Waals surface area contributed by atoms with Gasteiger partial charge in [0.1, 0.15) is 17.2 Å². The molecular weight excluding hydrogens is 543 g/mol. The van der Waals surface area contributed by atoms with Gasteiger partial charge in [0, 0.05) is 23.5 Å². The maximum Gasteiger partial charge on any atom is 0.573 e. The molecule has 2 aromatic carbocycles. The van der Waals surface area contributed by atoms with Crippen molar-refractivity contribution in [2.75, 3.05) is 0 Å². The molecule has 2 heterocycles. The van der Waals surface area contributed by atoms with Crippen LogP contribution in [0.25, 0.3) is 22.6 Å². The number of nitrogens with zero attached hydrogens (tertiary/aromatic N) is 3. The zero-order valence-corrected chi connectivity index (χ0v) is 22.1. The number of ether oxygens (including phenoxy) is 3. The van der Waals surface area contributed by atoms with Crippen LogP contribution < -0.4 is 14.2 Å². The lowest BCUT2D eigenvalue weighted by Crippen LogP contribution is -2.16. The van der Waals surface area contributed by atoms with Crippen molar-refractivity contribution < 1.29 is 41.7 Å². The number of hydrogen-bond acceptors (Lipinski definition) is 8. The summed E-state index contributed by atoms with van der Waals surface area (Å²) in [6.45, 7) is 3.60. The summed E-state index contributed by atoms with van der Waals surface area (Å²) in [6.07, 6.45) is 0.0243. The molecule has 0 radical (unpaired) electrons. The molecule has 1 aliphatic rings. The summed E-state index contributed by atoms with van der Waals surface area (Å²) >= 11 is 0. The third kappa shape index (κ3) is 7.53. The summed E-state index contributed by atoms with van der Waals surface area (Å²) in [7, 11) is 0. The number of benzene rings is 2. The van der Waals surface area contributed by atoms with Gasteiger partial charge in [0.25, 0.3) is 0 Å². The van der Waals surface area contributed by atoms with Crippen molar-refractivity contribution in [1.82, 2.24) is 15.0 Å². The summed E-state index contributed by atoms with van der Waals surface area (Å²) < 4.78 is 59.4. The summed E-state index contributed by atoms with van der Waals surface area (Å²) in [5.41, 5.74) is 2.93. The van der Waals surface area contributed by atoms with Crippen molar-refractivity contribution in [3.8, 4) is 40.1 Å². The Morgan fingerprint density at radius 2 is 1.76 bits per heavy atom. The van der Waals surface area contributed by atoms with E-state index in [1.807, 2.05) is 26.0 Å². The number of aromatic nitrogens is 3. The molecule has 0 atom stereocenters. The topological polar surface area (TPSA) is 117 Å². The summed E-state index contributed by atoms with van der Waals surface area (Å²) in [4.78, 5) is 24.3. The monoisotopic (exact) mass is 569 g/mol. The van der Waals surface area contributed by atoms with E-state index in [0.29, 0.717) is 34.1 Å². The molecule has 0 bridgehead atoms. The van der Waals surface area contributed by atoms with Crippen molar-refractivity contribution in [2.24, 2.45) is 0 Å². The van der Waals surface area contributed by atoms with Crippen LogP contribution in [0, 0.1) is 0 Å². The van der Waals surface area contributed by atoms with Gasteiger partial charge in [-0.1, -0.05) is 6.07 Å². The van der Waals surface area contributed by atoms with Crippen molar-refractivity contribution in [3.63, 3.8) is 0 Å². The molecule has 1 aliphatic carbocycles. The van der Waals surface area contributed by atoms with Gasteiger partial charge in [0.05, 0.1) is 12.5 Å². The molecule has 0 saturated heterocycles. The van der Waals surface area contributed by atoms with E-state index in [9.17, 15) is 23.1 Å². The predicted octanol–water partition coefficient (Wildman–Crippen LogP) is 6.57. The molecule has 0 aliphatic heterocycles. The van der Waals surface area contributed by atoms with Crippen molar-refractivity contribution in [2.45, 2.75) is 58.1 Å². The maximum absolute atomic E-state index is 12.6. The summed E-state index contributed by atoms with van der Waals surface area (Å²) in [5, 5.41) is 9.25. The first-order chi connectivity index (χ1) is 19.5. The molecule has 1 N–H and O–H groups in total. The zero-order valence-electron chi connectivity index (χ0n) is 22.1. The number of aliphatic carboxylic acids is 1. The number of alkyl halides is 3. The molecule has 0 spiro atoms. The highest BCUT2D eigenvalue weighted by atomic mass is 19.4. The Kier molecular flexibility index (Phi) is 7.82. The average molecular weight is 570 g/mol. The molecule has 214 valence electrons. The average Bonchev–Trinajstić information content (AvgIpc) is 3.66. The number of rotatable bonds is 11. The van der Waals surface area contributed by atoms with E-state index in [0.717, 1.165) is 18.4 Å². The number of halogens is 3. The first-order valence-electron chi connectivity index (χ1n) is 12.9. The fourth-order valence-corrected chi connectivity index (χ4v) is 4.18. The van der Waals surface area contributed by atoms with Crippen LogP contribution in [0.4, 0.5) is 13.2 Å².